The van der Waals surface area contributed by atoms with E-state index in [4.69, 9.17) is 4.74 Å². The van der Waals surface area contributed by atoms with E-state index in [2.05, 4.69) is 102 Å². The molecule has 0 bridgehead atoms. The summed E-state index contributed by atoms with van der Waals surface area (Å²) in [7, 11) is 0. The lowest BCUT2D eigenvalue weighted by Gasteiger charge is -2.18. The topological polar surface area (TPSA) is 9.23 Å². The van der Waals surface area contributed by atoms with Crippen molar-refractivity contribution in [3.8, 4) is 5.75 Å². The standard InChI is InChI=1S/C30H42O/c1-7-14-24(10-4)25(15-8-2)20-19-23(6)22-31-30-21-26-17-12-13-18-28(26)29(16-9-3)27(30)11-5/h9,12-13,15-21,23-24H,7-8,10-11,14,22H2,1-6H3/b16-9-,20-19-,25-15+. The zero-order valence-electron chi connectivity index (χ0n) is 20.6. The smallest absolute Gasteiger partial charge is 0.123 e. The quantitative estimate of drug-likeness (QED) is 0.312. The Labute approximate surface area is 190 Å². The zero-order chi connectivity index (χ0) is 22.6. The Morgan fingerprint density at radius 1 is 1.10 bits per heavy atom. The van der Waals surface area contributed by atoms with Crippen molar-refractivity contribution >= 4 is 16.8 Å². The Bertz CT molecular complexity index is 900. The first-order valence-corrected chi connectivity index (χ1v) is 12.3. The maximum atomic E-state index is 6.41. The van der Waals surface area contributed by atoms with Crippen LogP contribution in [0.15, 0.2) is 60.2 Å². The molecule has 0 aromatic heterocycles. The summed E-state index contributed by atoms with van der Waals surface area (Å²) < 4.78 is 6.41. The molecule has 0 aliphatic rings. The van der Waals surface area contributed by atoms with Gasteiger partial charge in [-0.15, -0.1) is 0 Å². The molecule has 1 nitrogen and oxygen atoms in total. The zero-order valence-corrected chi connectivity index (χ0v) is 20.6. The van der Waals surface area contributed by atoms with E-state index in [1.165, 1.54) is 46.7 Å². The molecule has 0 aliphatic carbocycles. The monoisotopic (exact) mass is 418 g/mol. The number of benzene rings is 2. The molecule has 0 radical (unpaired) electrons. The van der Waals surface area contributed by atoms with Crippen LogP contribution in [0.1, 0.15) is 78.4 Å². The van der Waals surface area contributed by atoms with Crippen molar-refractivity contribution in [3.05, 3.63) is 71.3 Å². The molecule has 0 N–H and O–H groups in total. The first kappa shape index (κ1) is 25.0. The van der Waals surface area contributed by atoms with E-state index in [0.717, 1.165) is 18.6 Å². The molecule has 0 aliphatic heterocycles. The molecule has 2 rings (SSSR count). The first-order chi connectivity index (χ1) is 15.1. The van der Waals surface area contributed by atoms with Crippen molar-refractivity contribution < 1.29 is 4.74 Å². The lowest BCUT2D eigenvalue weighted by Crippen LogP contribution is -2.09. The minimum atomic E-state index is 0.362. The van der Waals surface area contributed by atoms with Crippen LogP contribution < -0.4 is 4.74 Å². The summed E-state index contributed by atoms with van der Waals surface area (Å²) >= 11 is 0. The predicted molar refractivity (Wildman–Crippen MR) is 139 cm³/mol. The molecule has 1 heteroatoms. The van der Waals surface area contributed by atoms with Crippen LogP contribution in [0.2, 0.25) is 0 Å². The van der Waals surface area contributed by atoms with E-state index in [-0.39, 0.29) is 0 Å². The average molecular weight is 419 g/mol. The number of ether oxygens (including phenoxy) is 1. The van der Waals surface area contributed by atoms with Gasteiger partial charge in [-0.05, 0) is 66.5 Å². The molecule has 2 aromatic rings. The summed E-state index contributed by atoms with van der Waals surface area (Å²) in [4.78, 5) is 0. The third-order valence-electron chi connectivity index (χ3n) is 6.01. The molecule has 31 heavy (non-hydrogen) atoms. The maximum absolute atomic E-state index is 6.41. The van der Waals surface area contributed by atoms with Crippen molar-refractivity contribution in [2.24, 2.45) is 11.8 Å². The number of fused-ring (bicyclic) bond motifs is 1. The highest BCUT2D eigenvalue weighted by Crippen LogP contribution is 2.33. The van der Waals surface area contributed by atoms with Gasteiger partial charge in [-0.3, -0.25) is 0 Å². The number of rotatable bonds is 12. The summed E-state index contributed by atoms with van der Waals surface area (Å²) in [5.74, 6) is 2.06. The highest BCUT2D eigenvalue weighted by molar-refractivity contribution is 5.93. The van der Waals surface area contributed by atoms with Crippen molar-refractivity contribution in [2.75, 3.05) is 6.61 Å². The highest BCUT2D eigenvalue weighted by atomic mass is 16.5. The summed E-state index contributed by atoms with van der Waals surface area (Å²) in [6.07, 6.45) is 17.2. The molecule has 0 saturated heterocycles. The Hall–Kier alpha value is -2.28. The minimum Gasteiger partial charge on any atom is -0.493 e. The minimum absolute atomic E-state index is 0.362. The molecule has 2 unspecified atom stereocenters. The molecule has 2 atom stereocenters. The molecule has 0 spiro atoms. The molecular formula is C30H42O. The average Bonchev–Trinajstić information content (AvgIpc) is 2.79. The van der Waals surface area contributed by atoms with E-state index >= 15 is 0 Å². The van der Waals surface area contributed by atoms with E-state index in [1.807, 2.05) is 0 Å². The fraction of sp³-hybridized carbons (Fsp3) is 0.467. The number of hydrogen-bond donors (Lipinski definition) is 0. The SMILES string of the molecule is C/C=C\c1c(CC)c(OCC(C)/C=C\C(=C/CC)C(CC)CCC)cc2ccccc12. The van der Waals surface area contributed by atoms with Crippen LogP contribution in [0.4, 0.5) is 0 Å². The van der Waals surface area contributed by atoms with Crippen molar-refractivity contribution in [1.29, 1.82) is 0 Å². The van der Waals surface area contributed by atoms with Crippen LogP contribution in [0.25, 0.3) is 16.8 Å². The molecule has 0 saturated carbocycles. The number of allylic oxidation sites excluding steroid dienone is 4. The van der Waals surface area contributed by atoms with Gasteiger partial charge in [0.05, 0.1) is 6.61 Å². The summed E-state index contributed by atoms with van der Waals surface area (Å²) in [5.41, 5.74) is 4.09. The van der Waals surface area contributed by atoms with Crippen LogP contribution in [0.5, 0.6) is 5.75 Å². The van der Waals surface area contributed by atoms with Crippen molar-refractivity contribution in [1.82, 2.24) is 0 Å². The Morgan fingerprint density at radius 3 is 2.52 bits per heavy atom. The van der Waals surface area contributed by atoms with Gasteiger partial charge < -0.3 is 4.74 Å². The van der Waals surface area contributed by atoms with Gasteiger partial charge in [0.2, 0.25) is 0 Å². The van der Waals surface area contributed by atoms with Gasteiger partial charge in [0.25, 0.3) is 0 Å². The maximum Gasteiger partial charge on any atom is 0.123 e. The van der Waals surface area contributed by atoms with Crippen LogP contribution >= 0.6 is 0 Å². The normalized spacial score (nSPS) is 14.6. The molecule has 2 aromatic carbocycles. The van der Waals surface area contributed by atoms with E-state index in [0.29, 0.717) is 18.4 Å². The van der Waals surface area contributed by atoms with Crippen molar-refractivity contribution in [2.45, 2.75) is 73.6 Å². The predicted octanol–water partition coefficient (Wildman–Crippen LogP) is 9.17. The first-order valence-electron chi connectivity index (χ1n) is 12.3. The van der Waals surface area contributed by atoms with Crippen molar-refractivity contribution in [3.63, 3.8) is 0 Å². The fourth-order valence-electron chi connectivity index (χ4n) is 4.36. The Morgan fingerprint density at radius 2 is 1.87 bits per heavy atom. The van der Waals surface area contributed by atoms with Crippen LogP contribution in [-0.2, 0) is 6.42 Å². The largest absolute Gasteiger partial charge is 0.493 e. The van der Waals surface area contributed by atoms with Gasteiger partial charge in [0.15, 0.2) is 0 Å². The molecule has 168 valence electrons. The Balaban J connectivity index is 2.21. The summed E-state index contributed by atoms with van der Waals surface area (Å²) in [6.45, 7) is 14.1. The van der Waals surface area contributed by atoms with E-state index < -0.39 is 0 Å². The molecule has 0 amide bonds. The lowest BCUT2D eigenvalue weighted by molar-refractivity contribution is 0.282. The molecule has 0 heterocycles. The van der Waals surface area contributed by atoms with Gasteiger partial charge >= 0.3 is 0 Å². The second kappa shape index (κ2) is 13.2. The van der Waals surface area contributed by atoms with Gasteiger partial charge in [-0.25, -0.2) is 0 Å². The third-order valence-corrected chi connectivity index (χ3v) is 6.01. The van der Waals surface area contributed by atoms with Gasteiger partial charge in [-0.2, -0.15) is 0 Å². The summed E-state index contributed by atoms with van der Waals surface area (Å²) in [6, 6.07) is 10.8. The van der Waals surface area contributed by atoms with Crippen LogP contribution in [0, 0.1) is 11.8 Å². The molecular weight excluding hydrogens is 376 g/mol. The second-order valence-electron chi connectivity index (χ2n) is 8.50. The van der Waals surface area contributed by atoms with Gasteiger partial charge in [0.1, 0.15) is 5.75 Å². The van der Waals surface area contributed by atoms with Gasteiger partial charge in [-0.1, -0.05) is 95.7 Å². The Kier molecular flexibility index (Phi) is 10.6. The highest BCUT2D eigenvalue weighted by Gasteiger charge is 2.13. The van der Waals surface area contributed by atoms with Crippen LogP contribution in [0.3, 0.4) is 0 Å². The van der Waals surface area contributed by atoms with E-state index in [9.17, 15) is 0 Å². The van der Waals surface area contributed by atoms with Gasteiger partial charge in [0, 0.05) is 11.5 Å². The molecule has 0 fully saturated rings. The fourth-order valence-corrected chi connectivity index (χ4v) is 4.36. The summed E-state index contributed by atoms with van der Waals surface area (Å²) in [5, 5.41) is 2.54. The second-order valence-corrected chi connectivity index (χ2v) is 8.50. The van der Waals surface area contributed by atoms with E-state index in [1.54, 1.807) is 0 Å². The lowest BCUT2D eigenvalue weighted by atomic mass is 9.90. The third kappa shape index (κ3) is 6.86. The van der Waals surface area contributed by atoms with Crippen LogP contribution in [-0.4, -0.2) is 6.61 Å². The number of hydrogen-bond acceptors (Lipinski definition) is 1.